The van der Waals surface area contributed by atoms with E-state index in [1.165, 1.54) is 12.1 Å². The lowest BCUT2D eigenvalue weighted by atomic mass is 10.1. The summed E-state index contributed by atoms with van der Waals surface area (Å²) in [7, 11) is 0. The minimum Gasteiger partial charge on any atom is -0.454 e. The fourth-order valence-electron chi connectivity index (χ4n) is 2.89. The SMILES string of the molecule is C=C1C(=O)NC(=O)N1c1cc(Cl)c(Oc2cccc3ccccc23)c(Cl)c1. The fraction of sp³-hybridized carbons (Fsp3) is 0. The first-order chi connectivity index (χ1) is 13.0. The Bertz CT molecular complexity index is 1100. The third-order valence-corrected chi connectivity index (χ3v) is 4.72. The second-order valence-corrected chi connectivity index (χ2v) is 6.67. The molecule has 0 radical (unpaired) electrons. The number of imide groups is 1. The summed E-state index contributed by atoms with van der Waals surface area (Å²) in [5.74, 6) is 0.293. The highest BCUT2D eigenvalue weighted by Gasteiger charge is 2.33. The van der Waals surface area contributed by atoms with E-state index in [0.717, 1.165) is 15.7 Å². The lowest BCUT2D eigenvalue weighted by Gasteiger charge is -2.18. The van der Waals surface area contributed by atoms with Crippen LogP contribution in [0.25, 0.3) is 10.8 Å². The standard InChI is InChI=1S/C20H12Cl2N2O3/c1-11-19(25)23-20(26)24(11)13-9-15(21)18(16(22)10-13)27-17-8-4-6-12-5-2-3-7-14(12)17/h2-10H,1H2,(H,23,25,26). The molecule has 5 nitrogen and oxygen atoms in total. The van der Waals surface area contributed by atoms with Gasteiger partial charge in [0.15, 0.2) is 5.75 Å². The van der Waals surface area contributed by atoms with Crippen molar-refractivity contribution < 1.29 is 14.3 Å². The maximum atomic E-state index is 12.0. The van der Waals surface area contributed by atoms with Crippen LogP contribution in [0.3, 0.4) is 0 Å². The number of urea groups is 1. The topological polar surface area (TPSA) is 58.6 Å². The fourth-order valence-corrected chi connectivity index (χ4v) is 3.44. The lowest BCUT2D eigenvalue weighted by molar-refractivity contribution is -0.115. The van der Waals surface area contributed by atoms with Crippen LogP contribution in [0.1, 0.15) is 0 Å². The van der Waals surface area contributed by atoms with E-state index in [1.807, 2.05) is 42.5 Å². The van der Waals surface area contributed by atoms with Crippen LogP contribution < -0.4 is 15.0 Å². The van der Waals surface area contributed by atoms with Crippen LogP contribution >= 0.6 is 23.2 Å². The Labute approximate surface area is 164 Å². The average molecular weight is 399 g/mol. The van der Waals surface area contributed by atoms with E-state index < -0.39 is 11.9 Å². The van der Waals surface area contributed by atoms with Gasteiger partial charge in [0.1, 0.15) is 11.4 Å². The van der Waals surface area contributed by atoms with Crippen molar-refractivity contribution in [3.05, 3.63) is 76.9 Å². The third-order valence-electron chi connectivity index (χ3n) is 4.16. The predicted molar refractivity (Wildman–Crippen MR) is 106 cm³/mol. The molecule has 0 bridgehead atoms. The second-order valence-electron chi connectivity index (χ2n) is 5.86. The highest BCUT2D eigenvalue weighted by atomic mass is 35.5. The molecular weight excluding hydrogens is 387 g/mol. The van der Waals surface area contributed by atoms with Crippen molar-refractivity contribution in [3.63, 3.8) is 0 Å². The van der Waals surface area contributed by atoms with E-state index in [-0.39, 0.29) is 21.5 Å². The van der Waals surface area contributed by atoms with Crippen LogP contribution in [0.15, 0.2) is 66.9 Å². The Morgan fingerprint density at radius 1 is 0.963 bits per heavy atom. The van der Waals surface area contributed by atoms with Gasteiger partial charge in [-0.1, -0.05) is 66.2 Å². The van der Waals surface area contributed by atoms with Crippen LogP contribution in [0.2, 0.25) is 10.0 Å². The summed E-state index contributed by atoms with van der Waals surface area (Å²) in [6, 6.07) is 15.8. The molecule has 4 rings (SSSR count). The number of benzene rings is 3. The van der Waals surface area contributed by atoms with Gasteiger partial charge in [0.2, 0.25) is 0 Å². The minimum atomic E-state index is -0.611. The van der Waals surface area contributed by atoms with E-state index in [1.54, 1.807) is 0 Å². The van der Waals surface area contributed by atoms with Gasteiger partial charge >= 0.3 is 6.03 Å². The number of ether oxygens (including phenoxy) is 1. The van der Waals surface area contributed by atoms with Gasteiger partial charge in [-0.15, -0.1) is 0 Å². The number of rotatable bonds is 3. The summed E-state index contributed by atoms with van der Waals surface area (Å²) in [4.78, 5) is 24.7. The zero-order valence-electron chi connectivity index (χ0n) is 13.8. The molecule has 1 heterocycles. The molecule has 134 valence electrons. The van der Waals surface area contributed by atoms with Crippen molar-refractivity contribution in [2.24, 2.45) is 0 Å². The Hall–Kier alpha value is -3.02. The molecule has 0 aliphatic carbocycles. The van der Waals surface area contributed by atoms with Crippen LogP contribution in [0.5, 0.6) is 11.5 Å². The molecule has 0 unspecified atom stereocenters. The van der Waals surface area contributed by atoms with Crippen molar-refractivity contribution in [1.29, 1.82) is 0 Å². The third kappa shape index (κ3) is 3.01. The number of amides is 3. The quantitative estimate of drug-likeness (QED) is 0.467. The molecule has 1 N–H and O–H groups in total. The Balaban J connectivity index is 1.74. The molecule has 0 saturated carbocycles. The largest absolute Gasteiger partial charge is 0.454 e. The molecule has 7 heteroatoms. The zero-order chi connectivity index (χ0) is 19.1. The molecule has 3 amide bonds. The van der Waals surface area contributed by atoms with Crippen molar-refractivity contribution >= 4 is 51.6 Å². The summed E-state index contributed by atoms with van der Waals surface area (Å²) in [5, 5.41) is 4.49. The summed E-state index contributed by atoms with van der Waals surface area (Å²) >= 11 is 12.7. The Morgan fingerprint density at radius 2 is 1.63 bits per heavy atom. The summed E-state index contributed by atoms with van der Waals surface area (Å²) < 4.78 is 5.97. The van der Waals surface area contributed by atoms with Crippen molar-refractivity contribution in [1.82, 2.24) is 5.32 Å². The lowest BCUT2D eigenvalue weighted by Crippen LogP contribution is -2.27. The zero-order valence-corrected chi connectivity index (χ0v) is 15.3. The number of nitrogens with one attached hydrogen (secondary N) is 1. The van der Waals surface area contributed by atoms with Gasteiger partial charge in [-0.05, 0) is 23.6 Å². The van der Waals surface area contributed by atoms with E-state index in [9.17, 15) is 9.59 Å². The highest BCUT2D eigenvalue weighted by Crippen LogP contribution is 2.42. The summed E-state index contributed by atoms with van der Waals surface area (Å²) in [6.07, 6.45) is 0. The molecular formula is C20H12Cl2N2O3. The van der Waals surface area contributed by atoms with Gasteiger partial charge in [-0.3, -0.25) is 15.0 Å². The molecule has 1 saturated heterocycles. The average Bonchev–Trinajstić information content (AvgIpc) is 2.90. The maximum Gasteiger partial charge on any atom is 0.333 e. The number of nitrogens with zero attached hydrogens (tertiary/aromatic N) is 1. The number of anilines is 1. The van der Waals surface area contributed by atoms with E-state index in [4.69, 9.17) is 27.9 Å². The second kappa shape index (κ2) is 6.61. The molecule has 0 atom stereocenters. The Kier molecular flexibility index (Phi) is 4.26. The monoisotopic (exact) mass is 398 g/mol. The minimum absolute atomic E-state index is 0.00476. The molecule has 3 aromatic rings. The van der Waals surface area contributed by atoms with Crippen molar-refractivity contribution in [3.8, 4) is 11.5 Å². The van der Waals surface area contributed by atoms with Gasteiger partial charge in [-0.25, -0.2) is 4.79 Å². The van der Waals surface area contributed by atoms with E-state index >= 15 is 0 Å². The molecule has 1 fully saturated rings. The van der Waals surface area contributed by atoms with Gasteiger partial charge in [0.25, 0.3) is 5.91 Å². The first-order valence-corrected chi connectivity index (χ1v) is 8.70. The first kappa shape index (κ1) is 17.4. The first-order valence-electron chi connectivity index (χ1n) is 7.94. The highest BCUT2D eigenvalue weighted by molar-refractivity contribution is 6.38. The number of hydrogen-bond acceptors (Lipinski definition) is 3. The van der Waals surface area contributed by atoms with Crippen LogP contribution in [-0.4, -0.2) is 11.9 Å². The molecule has 0 spiro atoms. The molecule has 3 aromatic carbocycles. The van der Waals surface area contributed by atoms with Crippen LogP contribution in [-0.2, 0) is 4.79 Å². The van der Waals surface area contributed by atoms with Crippen LogP contribution in [0, 0.1) is 0 Å². The van der Waals surface area contributed by atoms with Gasteiger partial charge in [0, 0.05) is 5.39 Å². The van der Waals surface area contributed by atoms with Gasteiger partial charge in [0.05, 0.1) is 15.7 Å². The van der Waals surface area contributed by atoms with Crippen molar-refractivity contribution in [2.75, 3.05) is 4.90 Å². The Morgan fingerprint density at radius 3 is 2.30 bits per heavy atom. The number of halogens is 2. The normalized spacial score (nSPS) is 14.0. The van der Waals surface area contributed by atoms with Crippen LogP contribution in [0.4, 0.5) is 10.5 Å². The number of carbonyl (C=O) groups is 2. The number of carbonyl (C=O) groups excluding carboxylic acids is 2. The summed E-state index contributed by atoms with van der Waals surface area (Å²) in [5.41, 5.74) is 0.318. The number of fused-ring (bicyclic) bond motifs is 1. The molecule has 27 heavy (non-hydrogen) atoms. The predicted octanol–water partition coefficient (Wildman–Crippen LogP) is 5.51. The molecule has 1 aliphatic rings. The molecule has 0 aromatic heterocycles. The van der Waals surface area contributed by atoms with Crippen molar-refractivity contribution in [2.45, 2.75) is 0 Å². The molecule has 1 aliphatic heterocycles. The van der Waals surface area contributed by atoms with Gasteiger partial charge in [-0.2, -0.15) is 0 Å². The summed E-state index contributed by atoms with van der Waals surface area (Å²) in [6.45, 7) is 3.60. The maximum absolute atomic E-state index is 12.0. The number of hydrogen-bond donors (Lipinski definition) is 1. The van der Waals surface area contributed by atoms with E-state index in [2.05, 4.69) is 11.9 Å². The smallest absolute Gasteiger partial charge is 0.333 e. The van der Waals surface area contributed by atoms with E-state index in [0.29, 0.717) is 11.4 Å². The van der Waals surface area contributed by atoms with Gasteiger partial charge < -0.3 is 4.74 Å².